The highest BCUT2D eigenvalue weighted by atomic mass is 19.4. The summed E-state index contributed by atoms with van der Waals surface area (Å²) in [6.45, 7) is 3.56. The molecule has 0 saturated heterocycles. The lowest BCUT2D eigenvalue weighted by Gasteiger charge is -2.30. The van der Waals surface area contributed by atoms with Crippen molar-refractivity contribution in [2.45, 2.75) is 64.0 Å². The quantitative estimate of drug-likeness (QED) is 0.432. The minimum absolute atomic E-state index is 0.269. The molecule has 0 aliphatic heterocycles. The van der Waals surface area contributed by atoms with Crippen LogP contribution in [0.25, 0.3) is 0 Å². The maximum Gasteiger partial charge on any atom is 0.391 e. The van der Waals surface area contributed by atoms with Gasteiger partial charge in [-0.2, -0.15) is 18.4 Å². The number of alkyl halides is 3. The van der Waals surface area contributed by atoms with Gasteiger partial charge in [0, 0.05) is 13.5 Å². The first-order chi connectivity index (χ1) is 15.3. The summed E-state index contributed by atoms with van der Waals surface area (Å²) in [4.78, 5) is 2.38. The van der Waals surface area contributed by atoms with E-state index in [9.17, 15) is 13.2 Å². The lowest BCUT2D eigenvalue weighted by molar-refractivity contribution is -0.182. The minimum atomic E-state index is -4.02. The summed E-state index contributed by atoms with van der Waals surface area (Å²) in [5.74, 6) is -0.816. The van der Waals surface area contributed by atoms with Crippen LogP contribution in [-0.2, 0) is 12.8 Å². The first kappa shape index (κ1) is 25.9. The largest absolute Gasteiger partial charge is 0.391 e. The van der Waals surface area contributed by atoms with Gasteiger partial charge >= 0.3 is 6.18 Å². The SMILES string of the molecule is CC#N.CN(CCCc1ccc(C2CCC(C(F)(F)F)CC2)cc1)CCc1ccccc1. The van der Waals surface area contributed by atoms with Gasteiger partial charge in [-0.1, -0.05) is 54.6 Å². The summed E-state index contributed by atoms with van der Waals surface area (Å²) in [5, 5.41) is 7.32. The molecule has 32 heavy (non-hydrogen) atoms. The molecule has 0 aromatic heterocycles. The minimum Gasteiger partial charge on any atom is -0.306 e. The normalized spacial score (nSPS) is 18.5. The van der Waals surface area contributed by atoms with Crippen LogP contribution in [0, 0.1) is 17.2 Å². The van der Waals surface area contributed by atoms with Crippen LogP contribution in [0.3, 0.4) is 0 Å². The molecule has 5 heteroatoms. The van der Waals surface area contributed by atoms with Crippen LogP contribution in [0.4, 0.5) is 13.2 Å². The fourth-order valence-electron chi connectivity index (χ4n) is 4.34. The number of likely N-dealkylation sites (N-methyl/N-ethyl adjacent to an activating group) is 1. The standard InChI is InChI=1S/C25H32F3N.C2H3N/c1-29(19-17-20-6-3-2-4-7-20)18-5-8-21-9-11-22(12-10-21)23-13-15-24(16-14-23)25(26,27)28;1-2-3/h2-4,6-7,9-12,23-24H,5,8,13-19H2,1H3;1H3. The predicted octanol–water partition coefficient (Wildman–Crippen LogP) is 7.16. The van der Waals surface area contributed by atoms with Crippen molar-refractivity contribution < 1.29 is 13.2 Å². The average Bonchev–Trinajstić information content (AvgIpc) is 2.79. The van der Waals surface area contributed by atoms with Gasteiger partial charge in [0.25, 0.3) is 0 Å². The lowest BCUT2D eigenvalue weighted by atomic mass is 9.78. The summed E-state index contributed by atoms with van der Waals surface area (Å²) < 4.78 is 38.5. The number of benzene rings is 2. The van der Waals surface area contributed by atoms with Crippen molar-refractivity contribution in [2.75, 3.05) is 20.1 Å². The van der Waals surface area contributed by atoms with E-state index in [1.165, 1.54) is 23.6 Å². The second-order valence-electron chi connectivity index (χ2n) is 8.70. The topological polar surface area (TPSA) is 27.0 Å². The third-order valence-corrected chi connectivity index (χ3v) is 6.27. The van der Waals surface area contributed by atoms with Crippen LogP contribution in [0.15, 0.2) is 54.6 Å². The monoisotopic (exact) mass is 444 g/mol. The van der Waals surface area contributed by atoms with Crippen LogP contribution in [0.1, 0.15) is 61.6 Å². The number of nitrogens with zero attached hydrogens (tertiary/aromatic N) is 2. The van der Waals surface area contributed by atoms with E-state index in [1.54, 1.807) is 6.07 Å². The molecule has 0 bridgehead atoms. The highest BCUT2D eigenvalue weighted by Crippen LogP contribution is 2.42. The van der Waals surface area contributed by atoms with E-state index in [1.807, 2.05) is 6.07 Å². The fraction of sp³-hybridized carbons (Fsp3) is 0.519. The predicted molar refractivity (Wildman–Crippen MR) is 124 cm³/mol. The molecule has 2 aromatic carbocycles. The fourth-order valence-corrected chi connectivity index (χ4v) is 4.34. The van der Waals surface area contributed by atoms with E-state index < -0.39 is 12.1 Å². The van der Waals surface area contributed by atoms with Gasteiger partial charge in [-0.15, -0.1) is 0 Å². The van der Waals surface area contributed by atoms with E-state index in [4.69, 9.17) is 5.26 Å². The third kappa shape index (κ3) is 9.04. The Morgan fingerprint density at radius 3 is 2.00 bits per heavy atom. The highest BCUT2D eigenvalue weighted by molar-refractivity contribution is 5.26. The highest BCUT2D eigenvalue weighted by Gasteiger charge is 2.41. The molecule has 174 valence electrons. The van der Waals surface area contributed by atoms with E-state index in [0.717, 1.165) is 32.4 Å². The number of hydrogen-bond donors (Lipinski definition) is 0. The van der Waals surface area contributed by atoms with Gasteiger partial charge in [-0.05, 0) is 81.1 Å². The van der Waals surface area contributed by atoms with E-state index in [-0.39, 0.29) is 18.8 Å². The molecule has 2 nitrogen and oxygen atoms in total. The van der Waals surface area contributed by atoms with Gasteiger partial charge in [0.1, 0.15) is 0 Å². The molecule has 0 unspecified atom stereocenters. The second-order valence-corrected chi connectivity index (χ2v) is 8.70. The summed E-state index contributed by atoms with van der Waals surface area (Å²) in [6.07, 6.45) is 1.03. The summed E-state index contributed by atoms with van der Waals surface area (Å²) in [5.41, 5.74) is 3.89. The lowest BCUT2D eigenvalue weighted by Crippen LogP contribution is -2.27. The first-order valence-corrected chi connectivity index (χ1v) is 11.5. The Morgan fingerprint density at radius 2 is 1.44 bits per heavy atom. The molecule has 0 N–H and O–H groups in total. The zero-order chi connectivity index (χ0) is 23.4. The van der Waals surface area contributed by atoms with Gasteiger partial charge in [-0.3, -0.25) is 0 Å². The molecule has 1 aliphatic rings. The van der Waals surface area contributed by atoms with Crippen molar-refractivity contribution in [1.82, 2.24) is 4.90 Å². The Balaban J connectivity index is 0.00000114. The first-order valence-electron chi connectivity index (χ1n) is 11.5. The molecule has 0 spiro atoms. The Morgan fingerprint density at radius 1 is 0.875 bits per heavy atom. The average molecular weight is 445 g/mol. The number of aryl methyl sites for hydroxylation is 1. The molecule has 0 heterocycles. The Bertz CT molecular complexity index is 802. The number of nitriles is 1. The molecule has 3 rings (SSSR count). The van der Waals surface area contributed by atoms with Crippen molar-refractivity contribution in [3.05, 3.63) is 71.3 Å². The van der Waals surface area contributed by atoms with Gasteiger partial charge < -0.3 is 4.90 Å². The van der Waals surface area contributed by atoms with Crippen LogP contribution in [0.5, 0.6) is 0 Å². The van der Waals surface area contributed by atoms with E-state index in [0.29, 0.717) is 12.8 Å². The smallest absolute Gasteiger partial charge is 0.306 e. The van der Waals surface area contributed by atoms with Crippen molar-refractivity contribution in [1.29, 1.82) is 5.26 Å². The molecular weight excluding hydrogens is 409 g/mol. The summed E-state index contributed by atoms with van der Waals surface area (Å²) in [6, 6.07) is 20.9. The van der Waals surface area contributed by atoms with Crippen LogP contribution < -0.4 is 0 Å². The number of hydrogen-bond acceptors (Lipinski definition) is 2. The molecule has 2 aromatic rings. The van der Waals surface area contributed by atoms with Gasteiger partial charge in [0.15, 0.2) is 0 Å². The molecule has 0 radical (unpaired) electrons. The maximum atomic E-state index is 12.8. The zero-order valence-electron chi connectivity index (χ0n) is 19.2. The number of rotatable bonds is 8. The zero-order valence-corrected chi connectivity index (χ0v) is 19.2. The van der Waals surface area contributed by atoms with Gasteiger partial charge in [0.05, 0.1) is 12.0 Å². The number of halogens is 3. The van der Waals surface area contributed by atoms with E-state index in [2.05, 4.69) is 60.5 Å². The molecule has 1 saturated carbocycles. The maximum absolute atomic E-state index is 12.8. The van der Waals surface area contributed by atoms with E-state index >= 15 is 0 Å². The third-order valence-electron chi connectivity index (χ3n) is 6.27. The molecule has 0 amide bonds. The summed E-state index contributed by atoms with van der Waals surface area (Å²) in [7, 11) is 2.17. The van der Waals surface area contributed by atoms with Crippen molar-refractivity contribution in [2.24, 2.45) is 5.92 Å². The Hall–Kier alpha value is -2.32. The molecular formula is C27H35F3N2. The Labute approximate surface area is 191 Å². The van der Waals surface area contributed by atoms with Crippen molar-refractivity contribution in [3.63, 3.8) is 0 Å². The van der Waals surface area contributed by atoms with Gasteiger partial charge in [0.2, 0.25) is 0 Å². The van der Waals surface area contributed by atoms with Gasteiger partial charge in [-0.25, -0.2) is 0 Å². The molecule has 1 fully saturated rings. The van der Waals surface area contributed by atoms with Crippen molar-refractivity contribution >= 4 is 0 Å². The second kappa shape index (κ2) is 13.3. The Kier molecular flexibility index (Phi) is 10.8. The van der Waals surface area contributed by atoms with Crippen LogP contribution >= 0.6 is 0 Å². The molecule has 1 aliphatic carbocycles. The summed E-state index contributed by atoms with van der Waals surface area (Å²) >= 11 is 0. The van der Waals surface area contributed by atoms with Crippen LogP contribution in [-0.4, -0.2) is 31.2 Å². The van der Waals surface area contributed by atoms with Crippen LogP contribution in [0.2, 0.25) is 0 Å². The van der Waals surface area contributed by atoms with Crippen molar-refractivity contribution in [3.8, 4) is 6.07 Å². The molecule has 0 atom stereocenters.